The summed E-state index contributed by atoms with van der Waals surface area (Å²) in [5.41, 5.74) is 2.04. The van der Waals surface area contributed by atoms with E-state index in [-0.39, 0.29) is 17.2 Å². The van der Waals surface area contributed by atoms with Crippen LogP contribution in [0.1, 0.15) is 17.0 Å². The van der Waals surface area contributed by atoms with Crippen LogP contribution in [0.5, 0.6) is 0 Å². The van der Waals surface area contributed by atoms with Crippen molar-refractivity contribution in [3.63, 3.8) is 0 Å². The minimum absolute atomic E-state index is 0.167. The number of carbonyl (C=O) groups is 1. The topological polar surface area (TPSA) is 105 Å². The lowest BCUT2D eigenvalue weighted by Gasteiger charge is -2.05. The summed E-state index contributed by atoms with van der Waals surface area (Å²) >= 11 is 2.64. The van der Waals surface area contributed by atoms with Crippen molar-refractivity contribution in [3.8, 4) is 0 Å². The molecule has 2 N–H and O–H groups in total. The number of anilines is 1. The summed E-state index contributed by atoms with van der Waals surface area (Å²) in [7, 11) is 0. The van der Waals surface area contributed by atoms with Gasteiger partial charge in [0, 0.05) is 16.6 Å². The largest absolute Gasteiger partial charge is 0.301 e. The number of aromatic amines is 1. The van der Waals surface area contributed by atoms with E-state index in [1.54, 1.807) is 11.3 Å². The summed E-state index contributed by atoms with van der Waals surface area (Å²) < 4.78 is 1.74. The molecule has 23 heavy (non-hydrogen) atoms. The quantitative estimate of drug-likeness (QED) is 0.691. The summed E-state index contributed by atoms with van der Waals surface area (Å²) in [6, 6.07) is 0. The van der Waals surface area contributed by atoms with Crippen molar-refractivity contribution < 1.29 is 4.79 Å². The summed E-state index contributed by atoms with van der Waals surface area (Å²) in [5, 5.41) is 13.7. The van der Waals surface area contributed by atoms with Crippen LogP contribution in [0.2, 0.25) is 0 Å². The number of fused-ring (bicyclic) bond motifs is 1. The highest BCUT2D eigenvalue weighted by molar-refractivity contribution is 7.99. The second-order valence-corrected chi connectivity index (χ2v) is 6.74. The maximum Gasteiger partial charge on any atom is 0.255 e. The van der Waals surface area contributed by atoms with Gasteiger partial charge >= 0.3 is 0 Å². The molecule has 1 amide bonds. The first-order chi connectivity index (χ1) is 11.0. The number of nitrogens with one attached hydrogen (secondary N) is 2. The molecule has 8 nitrogen and oxygen atoms in total. The van der Waals surface area contributed by atoms with Crippen LogP contribution >= 0.6 is 23.1 Å². The standard InChI is InChI=1S/C13H14N6O2S2/c1-6-4-22-12(14-6)15-9(20)5-23-13-18-17-11-16-10(21)7(2)8(3)19(11)13/h4H,5H2,1-3H3,(H,14,15,20)(H,16,17,21). The predicted octanol–water partition coefficient (Wildman–Crippen LogP) is 1.53. The Morgan fingerprint density at radius 2 is 2.17 bits per heavy atom. The van der Waals surface area contributed by atoms with E-state index >= 15 is 0 Å². The fourth-order valence-electron chi connectivity index (χ4n) is 1.97. The van der Waals surface area contributed by atoms with Crippen molar-refractivity contribution >= 4 is 39.9 Å². The Kier molecular flexibility index (Phi) is 4.18. The molecule has 3 aromatic heterocycles. The van der Waals surface area contributed by atoms with Gasteiger partial charge in [-0.3, -0.25) is 19.0 Å². The lowest BCUT2D eigenvalue weighted by Crippen LogP contribution is -2.16. The van der Waals surface area contributed by atoms with Crippen molar-refractivity contribution in [1.29, 1.82) is 0 Å². The Morgan fingerprint density at radius 3 is 2.87 bits per heavy atom. The molecule has 0 aliphatic carbocycles. The third-order valence-electron chi connectivity index (χ3n) is 3.28. The van der Waals surface area contributed by atoms with Gasteiger partial charge in [-0.1, -0.05) is 11.8 Å². The van der Waals surface area contributed by atoms with E-state index in [1.807, 2.05) is 19.2 Å². The molecule has 0 bridgehead atoms. The van der Waals surface area contributed by atoms with Crippen LogP contribution in [0, 0.1) is 20.8 Å². The molecule has 3 aromatic rings. The zero-order chi connectivity index (χ0) is 16.6. The van der Waals surface area contributed by atoms with Gasteiger partial charge in [0.25, 0.3) is 5.56 Å². The third-order valence-corrected chi connectivity index (χ3v) is 5.08. The van der Waals surface area contributed by atoms with Crippen LogP contribution in [-0.2, 0) is 4.79 Å². The molecule has 120 valence electrons. The molecule has 0 aliphatic rings. The molecule has 0 saturated carbocycles. The molecule has 10 heteroatoms. The van der Waals surface area contributed by atoms with Crippen molar-refractivity contribution in [2.75, 3.05) is 11.1 Å². The van der Waals surface area contributed by atoms with Gasteiger partial charge in [0.05, 0.1) is 11.4 Å². The summed E-state index contributed by atoms with van der Waals surface area (Å²) in [6.07, 6.45) is 0. The third kappa shape index (κ3) is 3.13. The van der Waals surface area contributed by atoms with E-state index in [4.69, 9.17) is 0 Å². The Hall–Kier alpha value is -2.20. The predicted molar refractivity (Wildman–Crippen MR) is 89.3 cm³/mol. The Labute approximate surface area is 139 Å². The number of nitrogens with zero attached hydrogens (tertiary/aromatic N) is 4. The second-order valence-electron chi connectivity index (χ2n) is 4.94. The van der Waals surface area contributed by atoms with E-state index in [1.165, 1.54) is 23.1 Å². The number of hydrogen-bond acceptors (Lipinski definition) is 7. The molecular formula is C13H14N6O2S2. The number of thioether (sulfide) groups is 1. The first-order valence-electron chi connectivity index (χ1n) is 6.75. The van der Waals surface area contributed by atoms with Crippen LogP contribution in [0.25, 0.3) is 5.78 Å². The van der Waals surface area contributed by atoms with Gasteiger partial charge in [-0.05, 0) is 20.8 Å². The highest BCUT2D eigenvalue weighted by Crippen LogP contribution is 2.19. The molecule has 0 aromatic carbocycles. The van der Waals surface area contributed by atoms with Gasteiger partial charge in [0.2, 0.25) is 11.7 Å². The Bertz CT molecular complexity index is 942. The molecule has 3 rings (SSSR count). The zero-order valence-corrected chi connectivity index (χ0v) is 14.3. The van der Waals surface area contributed by atoms with Crippen LogP contribution < -0.4 is 10.9 Å². The van der Waals surface area contributed by atoms with Gasteiger partial charge < -0.3 is 5.32 Å². The number of thiazole rings is 1. The van der Waals surface area contributed by atoms with E-state index in [0.717, 1.165) is 11.4 Å². The molecule has 0 spiro atoms. The number of rotatable bonds is 4. The minimum atomic E-state index is -0.184. The van der Waals surface area contributed by atoms with Gasteiger partial charge in [-0.25, -0.2) is 4.98 Å². The Morgan fingerprint density at radius 1 is 1.39 bits per heavy atom. The molecule has 0 saturated heterocycles. The highest BCUT2D eigenvalue weighted by Gasteiger charge is 2.14. The summed E-state index contributed by atoms with van der Waals surface area (Å²) in [5.74, 6) is 0.383. The first-order valence-corrected chi connectivity index (χ1v) is 8.61. The van der Waals surface area contributed by atoms with E-state index in [2.05, 4.69) is 25.5 Å². The first kappa shape index (κ1) is 15.7. The zero-order valence-electron chi connectivity index (χ0n) is 12.7. The van der Waals surface area contributed by atoms with Gasteiger partial charge in [0.1, 0.15) is 0 Å². The van der Waals surface area contributed by atoms with E-state index in [9.17, 15) is 9.59 Å². The van der Waals surface area contributed by atoms with Gasteiger partial charge in [0.15, 0.2) is 10.3 Å². The number of aryl methyl sites for hydroxylation is 2. The Balaban J connectivity index is 1.76. The maximum absolute atomic E-state index is 12.0. The van der Waals surface area contributed by atoms with Gasteiger partial charge in [-0.15, -0.1) is 21.5 Å². The molecule has 0 atom stereocenters. The lowest BCUT2D eigenvalue weighted by molar-refractivity contribution is -0.113. The number of aromatic nitrogens is 5. The smallest absolute Gasteiger partial charge is 0.255 e. The monoisotopic (exact) mass is 350 g/mol. The van der Waals surface area contributed by atoms with Crippen molar-refractivity contribution in [2.45, 2.75) is 25.9 Å². The average Bonchev–Trinajstić information content (AvgIpc) is 3.09. The van der Waals surface area contributed by atoms with Gasteiger partial charge in [-0.2, -0.15) is 0 Å². The highest BCUT2D eigenvalue weighted by atomic mass is 32.2. The van der Waals surface area contributed by atoms with Crippen LogP contribution in [0.3, 0.4) is 0 Å². The van der Waals surface area contributed by atoms with E-state index in [0.29, 0.717) is 21.6 Å². The van der Waals surface area contributed by atoms with Crippen molar-refractivity contribution in [3.05, 3.63) is 32.7 Å². The molecule has 3 heterocycles. The fourth-order valence-corrected chi connectivity index (χ4v) is 3.46. The molecule has 0 radical (unpaired) electrons. The minimum Gasteiger partial charge on any atom is -0.301 e. The van der Waals surface area contributed by atoms with E-state index < -0.39 is 0 Å². The van der Waals surface area contributed by atoms with Crippen molar-refractivity contribution in [2.24, 2.45) is 0 Å². The van der Waals surface area contributed by atoms with Crippen molar-refractivity contribution in [1.82, 2.24) is 24.6 Å². The normalized spacial score (nSPS) is 11.1. The molecule has 0 fully saturated rings. The SMILES string of the molecule is Cc1csc(NC(=O)CSc2nnc3[nH]c(=O)c(C)c(C)n23)n1. The summed E-state index contributed by atoms with van der Waals surface area (Å²) in [4.78, 5) is 30.5. The molecule has 0 aliphatic heterocycles. The fraction of sp³-hybridized carbons (Fsp3) is 0.308. The average molecular weight is 350 g/mol. The molecular weight excluding hydrogens is 336 g/mol. The number of carbonyl (C=O) groups excluding carboxylic acids is 1. The van der Waals surface area contributed by atoms with Crippen LogP contribution in [0.15, 0.2) is 15.3 Å². The molecule has 0 unspecified atom stereocenters. The maximum atomic E-state index is 12.0. The van der Waals surface area contributed by atoms with Crippen LogP contribution in [0.4, 0.5) is 5.13 Å². The lowest BCUT2D eigenvalue weighted by atomic mass is 10.3. The number of amides is 1. The van der Waals surface area contributed by atoms with Crippen LogP contribution in [-0.4, -0.2) is 36.2 Å². The summed E-state index contributed by atoms with van der Waals surface area (Å²) in [6.45, 7) is 5.43. The number of H-pyrrole nitrogens is 1. The second kappa shape index (κ2) is 6.13. The number of hydrogen-bond donors (Lipinski definition) is 2.